The van der Waals surface area contributed by atoms with E-state index >= 15 is 0 Å². The molecule has 3 nitrogen and oxygen atoms in total. The van der Waals surface area contributed by atoms with Crippen molar-refractivity contribution in [2.75, 3.05) is 7.11 Å². The molecule has 1 N–H and O–H groups in total. The Balaban J connectivity index is 2.76. The number of rotatable bonds is 1. The van der Waals surface area contributed by atoms with Crippen molar-refractivity contribution in [2.45, 2.75) is 0 Å². The highest BCUT2D eigenvalue weighted by molar-refractivity contribution is 14.1. The van der Waals surface area contributed by atoms with Gasteiger partial charge in [-0.15, -0.1) is 0 Å². The molecule has 2 rings (SSSR count). The summed E-state index contributed by atoms with van der Waals surface area (Å²) in [6, 6.07) is 5.57. The fourth-order valence-corrected chi connectivity index (χ4v) is 2.46. The largest absolute Gasteiger partial charge is 0.465 e. The van der Waals surface area contributed by atoms with Gasteiger partial charge in [-0.3, -0.25) is 0 Å². The van der Waals surface area contributed by atoms with Crippen LogP contribution >= 0.6 is 38.5 Å². The van der Waals surface area contributed by atoms with Gasteiger partial charge in [0.1, 0.15) is 0 Å². The number of H-pyrrole nitrogens is 1. The highest BCUT2D eigenvalue weighted by Gasteiger charge is 2.13. The number of aromatic amines is 1. The van der Waals surface area contributed by atoms with E-state index in [1.165, 1.54) is 7.11 Å². The Kier molecular flexibility index (Phi) is 3.01. The number of fused-ring (bicyclic) bond motifs is 1. The van der Waals surface area contributed by atoms with Crippen LogP contribution in [0, 0.1) is 3.70 Å². The molecule has 0 saturated carbocycles. The smallest absolute Gasteiger partial charge is 0.339 e. The van der Waals surface area contributed by atoms with Crippen LogP contribution < -0.4 is 0 Å². The van der Waals surface area contributed by atoms with Gasteiger partial charge in [-0.1, -0.05) is 15.9 Å². The maximum atomic E-state index is 11.5. The molecular weight excluding hydrogens is 373 g/mol. The van der Waals surface area contributed by atoms with E-state index in [0.717, 1.165) is 19.1 Å². The summed E-state index contributed by atoms with van der Waals surface area (Å²) in [4.78, 5) is 14.6. The zero-order chi connectivity index (χ0) is 11.0. The number of hydrogen-bond donors (Lipinski definition) is 1. The number of hydrogen-bond acceptors (Lipinski definition) is 2. The van der Waals surface area contributed by atoms with Gasteiger partial charge in [-0.25, -0.2) is 4.79 Å². The van der Waals surface area contributed by atoms with E-state index in [-0.39, 0.29) is 5.97 Å². The molecule has 0 unspecified atom stereocenters. The van der Waals surface area contributed by atoms with E-state index in [9.17, 15) is 4.79 Å². The van der Waals surface area contributed by atoms with Gasteiger partial charge in [0.25, 0.3) is 0 Å². The van der Waals surface area contributed by atoms with Crippen molar-refractivity contribution in [1.29, 1.82) is 0 Å². The minimum absolute atomic E-state index is 0.328. The van der Waals surface area contributed by atoms with Crippen LogP contribution in [-0.2, 0) is 4.74 Å². The Morgan fingerprint density at radius 2 is 2.27 bits per heavy atom. The lowest BCUT2D eigenvalue weighted by Gasteiger charge is -2.01. The monoisotopic (exact) mass is 379 g/mol. The van der Waals surface area contributed by atoms with E-state index in [2.05, 4.69) is 43.5 Å². The number of carbonyl (C=O) groups is 1. The normalized spacial score (nSPS) is 10.6. The van der Waals surface area contributed by atoms with E-state index in [1.54, 1.807) is 6.07 Å². The second-order valence-corrected chi connectivity index (χ2v) is 5.01. The van der Waals surface area contributed by atoms with Gasteiger partial charge in [-0.2, -0.15) is 0 Å². The van der Waals surface area contributed by atoms with Crippen LogP contribution in [0.5, 0.6) is 0 Å². The number of halogens is 2. The van der Waals surface area contributed by atoms with E-state index in [0.29, 0.717) is 5.56 Å². The molecule has 1 aromatic heterocycles. The minimum atomic E-state index is -0.328. The Hall–Kier alpha value is -0.560. The summed E-state index contributed by atoms with van der Waals surface area (Å²) in [5.74, 6) is -0.328. The molecule has 0 radical (unpaired) electrons. The number of methoxy groups -OCH3 is 1. The maximum Gasteiger partial charge on any atom is 0.339 e. The predicted molar refractivity (Wildman–Crippen MR) is 70.1 cm³/mol. The standard InChI is InChI=1S/C10H7BrINO2/c1-15-10(14)5-2-3-7(11)6-4-8(12)13-9(5)6/h2-4,13H,1H3. The third-order valence-corrected chi connectivity index (χ3v) is 3.39. The molecule has 78 valence electrons. The van der Waals surface area contributed by atoms with Crippen LogP contribution in [-0.4, -0.2) is 18.1 Å². The van der Waals surface area contributed by atoms with Crippen molar-refractivity contribution in [3.63, 3.8) is 0 Å². The molecule has 15 heavy (non-hydrogen) atoms. The summed E-state index contributed by atoms with van der Waals surface area (Å²) in [6.45, 7) is 0. The summed E-state index contributed by atoms with van der Waals surface area (Å²) in [5.41, 5.74) is 1.36. The van der Waals surface area contributed by atoms with Crippen molar-refractivity contribution in [2.24, 2.45) is 0 Å². The minimum Gasteiger partial charge on any atom is -0.465 e. The Labute approximate surface area is 108 Å². The molecule has 1 heterocycles. The Morgan fingerprint density at radius 3 is 2.93 bits per heavy atom. The van der Waals surface area contributed by atoms with Crippen LogP contribution in [0.15, 0.2) is 22.7 Å². The number of carbonyl (C=O) groups excluding carboxylic acids is 1. The van der Waals surface area contributed by atoms with Crippen LogP contribution in [0.2, 0.25) is 0 Å². The van der Waals surface area contributed by atoms with Gasteiger partial charge < -0.3 is 9.72 Å². The fraction of sp³-hybridized carbons (Fsp3) is 0.100. The third kappa shape index (κ3) is 1.90. The van der Waals surface area contributed by atoms with E-state index < -0.39 is 0 Å². The first-order valence-corrected chi connectivity index (χ1v) is 6.05. The maximum absolute atomic E-state index is 11.5. The lowest BCUT2D eigenvalue weighted by molar-refractivity contribution is 0.0603. The average Bonchev–Trinajstić information content (AvgIpc) is 2.60. The number of esters is 1. The summed E-state index contributed by atoms with van der Waals surface area (Å²) in [5, 5.41) is 0.988. The molecule has 0 saturated heterocycles. The van der Waals surface area contributed by atoms with Gasteiger partial charge in [0.2, 0.25) is 0 Å². The van der Waals surface area contributed by atoms with Crippen molar-refractivity contribution in [3.05, 3.63) is 31.9 Å². The second-order valence-electron chi connectivity index (χ2n) is 2.99. The third-order valence-electron chi connectivity index (χ3n) is 2.11. The first-order valence-electron chi connectivity index (χ1n) is 4.18. The zero-order valence-electron chi connectivity index (χ0n) is 7.80. The number of aromatic nitrogens is 1. The Morgan fingerprint density at radius 1 is 1.53 bits per heavy atom. The van der Waals surface area contributed by atoms with E-state index in [4.69, 9.17) is 4.74 Å². The van der Waals surface area contributed by atoms with Crippen molar-refractivity contribution in [1.82, 2.24) is 4.98 Å². The molecule has 0 aliphatic rings. The summed E-state index contributed by atoms with van der Waals surface area (Å²) < 4.78 is 6.66. The first-order chi connectivity index (χ1) is 7.13. The van der Waals surface area contributed by atoms with Gasteiger partial charge >= 0.3 is 5.97 Å². The summed E-state index contributed by atoms with van der Waals surface area (Å²) >= 11 is 5.61. The average molecular weight is 380 g/mol. The molecule has 0 spiro atoms. The van der Waals surface area contributed by atoms with Crippen molar-refractivity contribution in [3.8, 4) is 0 Å². The highest BCUT2D eigenvalue weighted by atomic mass is 127. The first kappa shape index (κ1) is 10.9. The quantitative estimate of drug-likeness (QED) is 0.610. The number of nitrogens with one attached hydrogen (secondary N) is 1. The SMILES string of the molecule is COC(=O)c1ccc(Br)c2cc(I)[nH]c12. The molecule has 2 aromatic rings. The molecule has 0 atom stereocenters. The van der Waals surface area contributed by atoms with E-state index in [1.807, 2.05) is 12.1 Å². The van der Waals surface area contributed by atoms with Crippen LogP contribution in [0.1, 0.15) is 10.4 Å². The topological polar surface area (TPSA) is 42.1 Å². The lowest BCUT2D eigenvalue weighted by atomic mass is 10.1. The van der Waals surface area contributed by atoms with Crippen LogP contribution in [0.3, 0.4) is 0 Å². The predicted octanol–water partition coefficient (Wildman–Crippen LogP) is 3.32. The van der Waals surface area contributed by atoms with Gasteiger partial charge in [0.05, 0.1) is 21.9 Å². The van der Waals surface area contributed by atoms with Crippen molar-refractivity contribution >= 4 is 55.4 Å². The Bertz CT molecular complexity index is 535. The van der Waals surface area contributed by atoms with Gasteiger partial charge in [-0.05, 0) is 40.8 Å². The van der Waals surface area contributed by atoms with Crippen LogP contribution in [0.25, 0.3) is 10.9 Å². The summed E-state index contributed by atoms with van der Waals surface area (Å²) in [7, 11) is 1.38. The fourth-order valence-electron chi connectivity index (χ4n) is 1.43. The lowest BCUT2D eigenvalue weighted by Crippen LogP contribution is -2.01. The molecule has 5 heteroatoms. The second kappa shape index (κ2) is 4.13. The highest BCUT2D eigenvalue weighted by Crippen LogP contribution is 2.28. The number of ether oxygens (including phenoxy) is 1. The van der Waals surface area contributed by atoms with Crippen LogP contribution in [0.4, 0.5) is 0 Å². The molecular formula is C10H7BrINO2. The molecule has 0 amide bonds. The van der Waals surface area contributed by atoms with Gasteiger partial charge in [0.15, 0.2) is 0 Å². The molecule has 0 aliphatic heterocycles. The zero-order valence-corrected chi connectivity index (χ0v) is 11.5. The van der Waals surface area contributed by atoms with Crippen molar-refractivity contribution < 1.29 is 9.53 Å². The number of benzene rings is 1. The molecule has 0 aliphatic carbocycles. The summed E-state index contributed by atoms with van der Waals surface area (Å²) in [6.07, 6.45) is 0. The molecule has 0 bridgehead atoms. The molecule has 1 aromatic carbocycles. The molecule has 0 fully saturated rings. The van der Waals surface area contributed by atoms with Gasteiger partial charge in [0, 0.05) is 9.86 Å².